The highest BCUT2D eigenvalue weighted by molar-refractivity contribution is 5.72. The second kappa shape index (κ2) is 5.06. The van der Waals surface area contributed by atoms with Gasteiger partial charge in [-0.1, -0.05) is 0 Å². The Hall–Kier alpha value is -2.20. The summed E-state index contributed by atoms with van der Waals surface area (Å²) in [4.78, 5) is 13.1. The lowest BCUT2D eigenvalue weighted by atomic mass is 10.1. The number of pyridine rings is 1. The van der Waals surface area contributed by atoms with Crippen LogP contribution in [0.5, 0.6) is 11.6 Å². The van der Waals surface area contributed by atoms with Crippen molar-refractivity contribution in [1.29, 1.82) is 0 Å². The van der Waals surface area contributed by atoms with Crippen LogP contribution in [0.25, 0.3) is 0 Å². The van der Waals surface area contributed by atoms with Crippen LogP contribution < -0.4 is 4.74 Å². The molecule has 0 aliphatic rings. The Morgan fingerprint density at radius 3 is 2.20 bits per heavy atom. The van der Waals surface area contributed by atoms with E-state index in [1.54, 1.807) is 0 Å². The van der Waals surface area contributed by atoms with Gasteiger partial charge in [0.25, 0.3) is 5.88 Å². The highest BCUT2D eigenvalue weighted by Gasteiger charge is 2.39. The summed E-state index contributed by atoms with van der Waals surface area (Å²) in [7, 11) is 0. The average molecular weight is 305 g/mol. The van der Waals surface area contributed by atoms with Gasteiger partial charge in [-0.05, 0) is 0 Å². The largest absolute Gasteiger partial charge is 0.574 e. The van der Waals surface area contributed by atoms with Gasteiger partial charge in [-0.3, -0.25) is 4.79 Å². The lowest BCUT2D eigenvalue weighted by Crippen LogP contribution is -2.20. The molecule has 0 radical (unpaired) electrons. The molecule has 0 saturated heterocycles. The molecule has 0 atom stereocenters. The van der Waals surface area contributed by atoms with Crippen LogP contribution in [-0.4, -0.2) is 27.5 Å². The molecule has 0 amide bonds. The molecule has 0 saturated carbocycles. The smallest absolute Gasteiger partial charge is 0.503 e. The number of alkyl halides is 6. The summed E-state index contributed by atoms with van der Waals surface area (Å²) < 4.78 is 76.6. The van der Waals surface area contributed by atoms with E-state index in [1.165, 1.54) is 0 Å². The number of aromatic nitrogens is 1. The van der Waals surface area contributed by atoms with Crippen molar-refractivity contribution in [3.05, 3.63) is 17.3 Å². The van der Waals surface area contributed by atoms with Gasteiger partial charge >= 0.3 is 18.5 Å². The number of hydrogen-bond acceptors (Lipinski definition) is 4. The zero-order chi connectivity index (χ0) is 15.7. The van der Waals surface area contributed by atoms with Crippen LogP contribution in [-0.2, 0) is 17.4 Å². The molecule has 1 rings (SSSR count). The molecule has 20 heavy (non-hydrogen) atoms. The highest BCUT2D eigenvalue weighted by Crippen LogP contribution is 2.40. The molecular formula is C9H5F6NO4. The molecule has 112 valence electrons. The fourth-order valence-electron chi connectivity index (χ4n) is 1.28. The minimum Gasteiger partial charge on any atom is -0.503 e. The second-order valence-electron chi connectivity index (χ2n) is 3.42. The van der Waals surface area contributed by atoms with Crippen molar-refractivity contribution in [3.8, 4) is 11.6 Å². The van der Waals surface area contributed by atoms with Gasteiger partial charge in [-0.25, -0.2) is 4.98 Å². The molecule has 2 N–H and O–H groups in total. The minimum atomic E-state index is -5.30. The Kier molecular flexibility index (Phi) is 4.01. The van der Waals surface area contributed by atoms with Gasteiger partial charge in [0, 0.05) is 11.8 Å². The van der Waals surface area contributed by atoms with Crippen molar-refractivity contribution in [2.24, 2.45) is 0 Å². The maximum Gasteiger partial charge on any atom is 0.574 e. The van der Waals surface area contributed by atoms with Crippen molar-refractivity contribution in [3.63, 3.8) is 0 Å². The van der Waals surface area contributed by atoms with Crippen LogP contribution in [0.4, 0.5) is 26.3 Å². The first-order valence-corrected chi connectivity index (χ1v) is 4.67. The van der Waals surface area contributed by atoms with Crippen LogP contribution in [0.1, 0.15) is 11.1 Å². The Morgan fingerprint density at radius 2 is 1.80 bits per heavy atom. The fraction of sp³-hybridized carbons (Fsp3) is 0.333. The van der Waals surface area contributed by atoms with Crippen LogP contribution in [0.2, 0.25) is 0 Å². The summed E-state index contributed by atoms with van der Waals surface area (Å²) in [6, 6.07) is 0. The molecule has 1 heterocycles. The first kappa shape index (κ1) is 15.9. The van der Waals surface area contributed by atoms with Crippen LogP contribution in [0.3, 0.4) is 0 Å². The summed E-state index contributed by atoms with van der Waals surface area (Å²) >= 11 is 0. The number of carbonyl (C=O) groups is 1. The lowest BCUT2D eigenvalue weighted by molar-refractivity contribution is -0.276. The van der Waals surface area contributed by atoms with E-state index in [1.807, 2.05) is 0 Å². The third kappa shape index (κ3) is 3.90. The van der Waals surface area contributed by atoms with Crippen molar-refractivity contribution in [1.82, 2.24) is 4.98 Å². The molecule has 0 fully saturated rings. The average Bonchev–Trinajstić information content (AvgIpc) is 2.19. The maximum atomic E-state index is 12.5. The Morgan fingerprint density at radius 1 is 1.25 bits per heavy atom. The topological polar surface area (TPSA) is 79.7 Å². The Bertz CT molecular complexity index is 524. The standard InChI is InChI=1S/C9H5F6NO4/c10-8(11,12)4-2-16-7(20-9(13,14)15)6(19)3(4)1-5(17)18/h2,19H,1H2,(H,17,18). The number of carboxylic acids is 1. The van der Waals surface area contributed by atoms with Crippen molar-refractivity contribution < 1.29 is 46.1 Å². The summed E-state index contributed by atoms with van der Waals surface area (Å²) in [6.45, 7) is 0. The van der Waals surface area contributed by atoms with Crippen LogP contribution in [0.15, 0.2) is 6.20 Å². The number of carboxylic acid groups (broad SMARTS) is 1. The number of aliphatic carboxylic acids is 1. The third-order valence-corrected chi connectivity index (χ3v) is 1.97. The number of nitrogens with zero attached hydrogens (tertiary/aromatic N) is 1. The molecule has 11 heteroatoms. The number of aromatic hydroxyl groups is 1. The van der Waals surface area contributed by atoms with E-state index in [0.717, 1.165) is 0 Å². The van der Waals surface area contributed by atoms with E-state index >= 15 is 0 Å². The summed E-state index contributed by atoms with van der Waals surface area (Å²) in [5.41, 5.74) is -2.92. The van der Waals surface area contributed by atoms with Gasteiger partial charge < -0.3 is 14.9 Å². The van der Waals surface area contributed by atoms with Crippen LogP contribution in [0, 0.1) is 0 Å². The Balaban J connectivity index is 3.39. The van der Waals surface area contributed by atoms with E-state index in [0.29, 0.717) is 0 Å². The van der Waals surface area contributed by atoms with Crippen LogP contribution >= 0.6 is 0 Å². The molecule has 1 aromatic rings. The molecule has 0 aliphatic carbocycles. The number of rotatable bonds is 3. The zero-order valence-corrected chi connectivity index (χ0v) is 9.21. The van der Waals surface area contributed by atoms with E-state index in [4.69, 9.17) is 5.11 Å². The van der Waals surface area contributed by atoms with E-state index < -0.39 is 47.7 Å². The van der Waals surface area contributed by atoms with Gasteiger partial charge in [0.05, 0.1) is 12.0 Å². The van der Waals surface area contributed by atoms with Gasteiger partial charge in [-0.15, -0.1) is 13.2 Å². The number of ether oxygens (including phenoxy) is 1. The molecule has 0 spiro atoms. The lowest BCUT2D eigenvalue weighted by Gasteiger charge is -2.15. The van der Waals surface area contributed by atoms with Gasteiger partial charge in [0.1, 0.15) is 0 Å². The molecule has 0 aromatic carbocycles. The van der Waals surface area contributed by atoms with E-state index in [9.17, 15) is 36.2 Å². The maximum absolute atomic E-state index is 12.5. The predicted octanol–water partition coefficient (Wildman–Crippen LogP) is 2.33. The normalized spacial score (nSPS) is 12.3. The van der Waals surface area contributed by atoms with Crippen molar-refractivity contribution in [2.45, 2.75) is 19.0 Å². The third-order valence-electron chi connectivity index (χ3n) is 1.97. The highest BCUT2D eigenvalue weighted by atomic mass is 19.4. The number of halogens is 6. The van der Waals surface area contributed by atoms with Crippen molar-refractivity contribution in [2.75, 3.05) is 0 Å². The van der Waals surface area contributed by atoms with E-state index in [-0.39, 0.29) is 6.20 Å². The molecular weight excluding hydrogens is 300 g/mol. The van der Waals surface area contributed by atoms with Gasteiger partial charge in [0.15, 0.2) is 5.75 Å². The summed E-state index contributed by atoms with van der Waals surface area (Å²) in [5, 5.41) is 17.7. The summed E-state index contributed by atoms with van der Waals surface area (Å²) in [6.07, 6.45) is -11.8. The van der Waals surface area contributed by atoms with Crippen molar-refractivity contribution >= 4 is 5.97 Å². The molecule has 1 aromatic heterocycles. The van der Waals surface area contributed by atoms with Gasteiger partial charge in [0.2, 0.25) is 0 Å². The molecule has 0 unspecified atom stereocenters. The van der Waals surface area contributed by atoms with Gasteiger partial charge in [-0.2, -0.15) is 13.2 Å². The SMILES string of the molecule is O=C(O)Cc1c(C(F)(F)F)cnc(OC(F)(F)F)c1O. The zero-order valence-electron chi connectivity index (χ0n) is 9.21. The predicted molar refractivity (Wildman–Crippen MR) is 48.9 cm³/mol. The second-order valence-corrected chi connectivity index (χ2v) is 3.42. The Labute approximate surface area is 106 Å². The molecule has 0 bridgehead atoms. The fourth-order valence-corrected chi connectivity index (χ4v) is 1.28. The molecule has 0 aliphatic heterocycles. The first-order chi connectivity index (χ1) is 8.92. The minimum absolute atomic E-state index is 0.0426. The molecule has 5 nitrogen and oxygen atoms in total. The first-order valence-electron chi connectivity index (χ1n) is 4.67. The summed E-state index contributed by atoms with van der Waals surface area (Å²) in [5.74, 6) is -4.96. The monoisotopic (exact) mass is 305 g/mol. The van der Waals surface area contributed by atoms with E-state index in [2.05, 4.69) is 9.72 Å². The number of hydrogen-bond donors (Lipinski definition) is 2. The quantitative estimate of drug-likeness (QED) is 0.838.